The molecule has 0 aromatic heterocycles. The minimum absolute atomic E-state index is 0.0658. The first kappa shape index (κ1) is 14.1. The number of likely N-dealkylation sites (tertiary alicyclic amines) is 1. The molecule has 1 amide bonds. The number of aryl methyl sites for hydroxylation is 1. The topological polar surface area (TPSA) is 20.3 Å². The first-order valence-electron chi connectivity index (χ1n) is 7.15. The van der Waals surface area contributed by atoms with Crippen LogP contribution in [0.5, 0.6) is 0 Å². The van der Waals surface area contributed by atoms with Gasteiger partial charge in [0, 0.05) is 16.6 Å². The molecule has 0 atom stereocenters. The van der Waals surface area contributed by atoms with Gasteiger partial charge >= 0.3 is 0 Å². The van der Waals surface area contributed by atoms with Gasteiger partial charge in [0.1, 0.15) is 0 Å². The standard InChI is InChI=1S/C17H25NO/c1-13-7-9-14(10-8-13)15(19)18-16(2,3)11-6-12-17(18,4)5/h7-10H,6,11-12H2,1-5H3. The van der Waals surface area contributed by atoms with Crippen LogP contribution in [0.2, 0.25) is 0 Å². The van der Waals surface area contributed by atoms with Crippen molar-refractivity contribution in [2.45, 2.75) is 65.0 Å². The van der Waals surface area contributed by atoms with Gasteiger partial charge < -0.3 is 4.90 Å². The van der Waals surface area contributed by atoms with Gasteiger partial charge in [0.05, 0.1) is 0 Å². The zero-order valence-electron chi connectivity index (χ0n) is 12.8. The van der Waals surface area contributed by atoms with E-state index in [0.717, 1.165) is 18.4 Å². The van der Waals surface area contributed by atoms with Crippen molar-refractivity contribution in [3.8, 4) is 0 Å². The lowest BCUT2D eigenvalue weighted by atomic mass is 9.79. The van der Waals surface area contributed by atoms with Crippen LogP contribution in [0.15, 0.2) is 24.3 Å². The Morgan fingerprint density at radius 2 is 1.47 bits per heavy atom. The SMILES string of the molecule is Cc1ccc(C(=O)N2C(C)(C)CCCC2(C)C)cc1. The Kier molecular flexibility index (Phi) is 3.46. The molecular formula is C17H25NO. The van der Waals surface area contributed by atoms with E-state index in [4.69, 9.17) is 0 Å². The van der Waals surface area contributed by atoms with Gasteiger partial charge in [-0.1, -0.05) is 17.7 Å². The van der Waals surface area contributed by atoms with Gasteiger partial charge in [0.15, 0.2) is 0 Å². The zero-order valence-corrected chi connectivity index (χ0v) is 12.8. The molecule has 1 fully saturated rings. The van der Waals surface area contributed by atoms with Crippen LogP contribution in [0.1, 0.15) is 62.9 Å². The number of carbonyl (C=O) groups excluding carboxylic acids is 1. The molecule has 2 heteroatoms. The van der Waals surface area contributed by atoms with Crippen LogP contribution >= 0.6 is 0 Å². The molecule has 0 unspecified atom stereocenters. The van der Waals surface area contributed by atoms with Crippen molar-refractivity contribution in [1.29, 1.82) is 0 Å². The molecule has 1 aromatic rings. The third-order valence-corrected chi connectivity index (χ3v) is 4.29. The molecule has 1 saturated heterocycles. The molecule has 1 heterocycles. The molecule has 0 radical (unpaired) electrons. The van der Waals surface area contributed by atoms with Gasteiger partial charge in [0.2, 0.25) is 0 Å². The number of carbonyl (C=O) groups is 1. The maximum absolute atomic E-state index is 12.9. The maximum atomic E-state index is 12.9. The summed E-state index contributed by atoms with van der Waals surface area (Å²) in [5.74, 6) is 0.162. The fourth-order valence-electron chi connectivity index (χ4n) is 3.37. The molecule has 2 nitrogen and oxygen atoms in total. The summed E-state index contributed by atoms with van der Waals surface area (Å²) in [5.41, 5.74) is 1.86. The molecule has 104 valence electrons. The Morgan fingerprint density at radius 1 is 1.00 bits per heavy atom. The van der Waals surface area contributed by atoms with Gasteiger partial charge in [-0.3, -0.25) is 4.79 Å². The predicted octanol–water partition coefficient (Wildman–Crippen LogP) is 4.18. The van der Waals surface area contributed by atoms with Crippen LogP contribution in [-0.2, 0) is 0 Å². The van der Waals surface area contributed by atoms with Crippen molar-refractivity contribution in [3.05, 3.63) is 35.4 Å². The quantitative estimate of drug-likeness (QED) is 0.741. The lowest BCUT2D eigenvalue weighted by molar-refractivity contribution is -0.0111. The molecule has 0 saturated carbocycles. The molecule has 2 rings (SSSR count). The second-order valence-electron chi connectivity index (χ2n) is 6.99. The molecule has 0 N–H and O–H groups in total. The number of nitrogens with zero attached hydrogens (tertiary/aromatic N) is 1. The zero-order chi connectivity index (χ0) is 14.3. The largest absolute Gasteiger partial charge is 0.328 e. The van der Waals surface area contributed by atoms with Crippen LogP contribution in [-0.4, -0.2) is 21.9 Å². The molecular weight excluding hydrogens is 234 g/mol. The van der Waals surface area contributed by atoms with E-state index in [1.165, 1.54) is 12.0 Å². The lowest BCUT2D eigenvalue weighted by Crippen LogP contribution is -2.60. The summed E-state index contributed by atoms with van der Waals surface area (Å²) in [4.78, 5) is 15.0. The molecule has 0 aliphatic carbocycles. The van der Waals surface area contributed by atoms with Crippen molar-refractivity contribution in [1.82, 2.24) is 4.90 Å². The summed E-state index contributed by atoms with van der Waals surface area (Å²) in [6.45, 7) is 10.8. The van der Waals surface area contributed by atoms with Crippen molar-refractivity contribution >= 4 is 5.91 Å². The second kappa shape index (κ2) is 4.66. The average Bonchev–Trinajstić information content (AvgIpc) is 2.27. The highest BCUT2D eigenvalue weighted by atomic mass is 16.2. The van der Waals surface area contributed by atoms with E-state index in [1.54, 1.807) is 0 Å². The second-order valence-corrected chi connectivity index (χ2v) is 6.99. The Bertz CT molecular complexity index is 455. The summed E-state index contributed by atoms with van der Waals surface area (Å²) in [5, 5.41) is 0. The number of rotatable bonds is 1. The summed E-state index contributed by atoms with van der Waals surface area (Å²) in [6.07, 6.45) is 3.35. The first-order chi connectivity index (χ1) is 8.74. The van der Waals surface area contributed by atoms with Gasteiger partial charge in [-0.2, -0.15) is 0 Å². The van der Waals surface area contributed by atoms with Crippen LogP contribution in [0.3, 0.4) is 0 Å². The van der Waals surface area contributed by atoms with E-state index in [2.05, 4.69) is 32.6 Å². The van der Waals surface area contributed by atoms with E-state index in [0.29, 0.717) is 0 Å². The normalized spacial score (nSPS) is 21.2. The monoisotopic (exact) mass is 259 g/mol. The molecule has 1 aliphatic rings. The fraction of sp³-hybridized carbons (Fsp3) is 0.588. The third-order valence-electron chi connectivity index (χ3n) is 4.29. The summed E-state index contributed by atoms with van der Waals surface area (Å²) < 4.78 is 0. The minimum atomic E-state index is -0.0658. The maximum Gasteiger partial charge on any atom is 0.254 e. The highest BCUT2D eigenvalue weighted by Crippen LogP contribution is 2.39. The smallest absolute Gasteiger partial charge is 0.254 e. The highest BCUT2D eigenvalue weighted by Gasteiger charge is 2.44. The minimum Gasteiger partial charge on any atom is -0.328 e. The van der Waals surface area contributed by atoms with Crippen LogP contribution in [0, 0.1) is 6.92 Å². The van der Waals surface area contributed by atoms with Crippen LogP contribution in [0.25, 0.3) is 0 Å². The first-order valence-corrected chi connectivity index (χ1v) is 7.15. The van der Waals surface area contributed by atoms with E-state index in [-0.39, 0.29) is 17.0 Å². The number of benzene rings is 1. The summed E-state index contributed by atoms with van der Waals surface area (Å²) in [6, 6.07) is 7.91. The Labute approximate surface area is 116 Å². The van der Waals surface area contributed by atoms with E-state index in [1.807, 2.05) is 31.2 Å². The number of amides is 1. The van der Waals surface area contributed by atoms with E-state index >= 15 is 0 Å². The fourth-order valence-corrected chi connectivity index (χ4v) is 3.37. The number of hydrogen-bond acceptors (Lipinski definition) is 1. The predicted molar refractivity (Wildman–Crippen MR) is 79.4 cm³/mol. The van der Waals surface area contributed by atoms with Crippen molar-refractivity contribution in [2.24, 2.45) is 0 Å². The van der Waals surface area contributed by atoms with Gasteiger partial charge in [-0.05, 0) is 66.0 Å². The lowest BCUT2D eigenvalue weighted by Gasteiger charge is -2.53. The average molecular weight is 259 g/mol. The molecule has 1 aromatic carbocycles. The van der Waals surface area contributed by atoms with Crippen molar-refractivity contribution in [2.75, 3.05) is 0 Å². The Hall–Kier alpha value is -1.31. The molecule has 1 aliphatic heterocycles. The van der Waals surface area contributed by atoms with Crippen molar-refractivity contribution in [3.63, 3.8) is 0 Å². The summed E-state index contributed by atoms with van der Waals surface area (Å²) >= 11 is 0. The van der Waals surface area contributed by atoms with Crippen LogP contribution < -0.4 is 0 Å². The number of piperidine rings is 1. The molecule has 0 spiro atoms. The van der Waals surface area contributed by atoms with Crippen LogP contribution in [0.4, 0.5) is 0 Å². The molecule has 0 bridgehead atoms. The Morgan fingerprint density at radius 3 is 1.95 bits per heavy atom. The van der Waals surface area contributed by atoms with E-state index in [9.17, 15) is 4.79 Å². The summed E-state index contributed by atoms with van der Waals surface area (Å²) in [7, 11) is 0. The van der Waals surface area contributed by atoms with E-state index < -0.39 is 0 Å². The molecule has 19 heavy (non-hydrogen) atoms. The van der Waals surface area contributed by atoms with Gasteiger partial charge in [-0.25, -0.2) is 0 Å². The van der Waals surface area contributed by atoms with Gasteiger partial charge in [0.25, 0.3) is 5.91 Å². The number of hydrogen-bond donors (Lipinski definition) is 0. The Balaban J connectivity index is 2.36. The third kappa shape index (κ3) is 2.68. The van der Waals surface area contributed by atoms with Gasteiger partial charge in [-0.15, -0.1) is 0 Å². The van der Waals surface area contributed by atoms with Crippen molar-refractivity contribution < 1.29 is 4.79 Å². The highest BCUT2D eigenvalue weighted by molar-refractivity contribution is 5.95.